The number of alkyl carbamates (subject to hydrolysis) is 1. The van der Waals surface area contributed by atoms with Crippen molar-refractivity contribution in [3.63, 3.8) is 0 Å². The van der Waals surface area contributed by atoms with Crippen LogP contribution >= 0.6 is 11.3 Å². The predicted octanol–water partition coefficient (Wildman–Crippen LogP) is 6.16. The fourth-order valence-electron chi connectivity index (χ4n) is 2.76. The number of benzene rings is 1. The smallest absolute Gasteiger partial charge is 0.443 e. The normalized spacial score (nSPS) is 17.8. The highest BCUT2D eigenvalue weighted by Gasteiger charge is 2.39. The third-order valence-corrected chi connectivity index (χ3v) is 5.27. The summed E-state index contributed by atoms with van der Waals surface area (Å²) in [7, 11) is 0. The van der Waals surface area contributed by atoms with Crippen molar-refractivity contribution < 1.29 is 36.6 Å². The number of aromatic nitrogens is 1. The zero-order chi connectivity index (χ0) is 25.4. The number of ether oxygens (including phenoxy) is 1. The van der Waals surface area contributed by atoms with Crippen molar-refractivity contribution in [2.75, 3.05) is 0 Å². The summed E-state index contributed by atoms with van der Waals surface area (Å²) in [6, 6.07) is 4.40. The fourth-order valence-corrected chi connectivity index (χ4v) is 3.84. The van der Waals surface area contributed by atoms with Gasteiger partial charge >= 0.3 is 12.3 Å². The number of terminal acetylenes is 1. The maximum Gasteiger partial charge on any atom is 0.443 e. The minimum atomic E-state index is -4.58. The van der Waals surface area contributed by atoms with Crippen LogP contribution in [0.15, 0.2) is 24.3 Å². The standard InChI is InChI=1S/C14H19F3N2O3S.C6H4F2.C2H2/c1-13(2,3)22-12(21)18-7-5-4-6-8(20)9-10(7)23-11(19-9)14(15,16)17;7-5-3-1-2-4-6(5)8;1-2/h7-8,20H,4-6H2,1-3H3,(H,18,21);1-4H;1-2H/t7-,8+;;/m0../s1. The van der Waals surface area contributed by atoms with Crippen LogP contribution in [0.3, 0.4) is 0 Å². The molecule has 3 rings (SSSR count). The molecule has 182 valence electrons. The SMILES string of the molecule is C#C.CC(C)(C)OC(=O)N[C@H]1CCC[C@@H](O)c2nc(C(F)(F)F)sc21.Fc1ccccc1F. The van der Waals surface area contributed by atoms with Gasteiger partial charge in [-0.1, -0.05) is 12.1 Å². The number of alkyl halides is 3. The van der Waals surface area contributed by atoms with Crippen LogP contribution in [-0.2, 0) is 10.9 Å². The van der Waals surface area contributed by atoms with Crippen LogP contribution in [0.2, 0.25) is 0 Å². The monoisotopic (exact) mass is 492 g/mol. The number of halogens is 5. The number of nitrogens with zero attached hydrogens (tertiary/aromatic N) is 1. The number of rotatable bonds is 1. The number of nitrogens with one attached hydrogen (secondary N) is 1. The summed E-state index contributed by atoms with van der Waals surface area (Å²) in [6.45, 7) is 5.09. The molecule has 1 aliphatic carbocycles. The van der Waals surface area contributed by atoms with Gasteiger partial charge in [0.15, 0.2) is 16.6 Å². The molecule has 5 nitrogen and oxygen atoms in total. The summed E-state index contributed by atoms with van der Waals surface area (Å²) in [6.07, 6.45) is 2.96. The first-order chi connectivity index (χ1) is 15.3. The molecule has 1 aromatic heterocycles. The van der Waals surface area contributed by atoms with Gasteiger partial charge < -0.3 is 15.2 Å². The Kier molecular flexibility index (Phi) is 10.3. The summed E-state index contributed by atoms with van der Waals surface area (Å²) in [5.74, 6) is -1.60. The number of thiazole rings is 1. The predicted molar refractivity (Wildman–Crippen MR) is 114 cm³/mol. The third kappa shape index (κ3) is 8.98. The van der Waals surface area contributed by atoms with Crippen LogP contribution in [-0.4, -0.2) is 21.8 Å². The van der Waals surface area contributed by atoms with Gasteiger partial charge in [0.2, 0.25) is 0 Å². The van der Waals surface area contributed by atoms with E-state index in [0.29, 0.717) is 30.6 Å². The zero-order valence-electron chi connectivity index (χ0n) is 18.2. The Morgan fingerprint density at radius 2 is 1.70 bits per heavy atom. The summed E-state index contributed by atoms with van der Waals surface area (Å²) >= 11 is 0.461. The van der Waals surface area contributed by atoms with E-state index in [9.17, 15) is 31.9 Å². The van der Waals surface area contributed by atoms with Gasteiger partial charge in [0, 0.05) is 0 Å². The highest BCUT2D eigenvalue weighted by atomic mass is 32.1. The van der Waals surface area contributed by atoms with Gasteiger partial charge in [-0.2, -0.15) is 13.2 Å². The molecule has 1 heterocycles. The van der Waals surface area contributed by atoms with Crippen molar-refractivity contribution in [1.82, 2.24) is 10.3 Å². The highest BCUT2D eigenvalue weighted by Crippen LogP contribution is 2.42. The molecule has 2 atom stereocenters. The van der Waals surface area contributed by atoms with Crippen molar-refractivity contribution >= 4 is 17.4 Å². The first-order valence-electron chi connectivity index (χ1n) is 9.76. The maximum absolute atomic E-state index is 12.9. The van der Waals surface area contributed by atoms with Crippen LogP contribution in [0.25, 0.3) is 0 Å². The van der Waals surface area contributed by atoms with Crippen molar-refractivity contribution in [3.05, 3.63) is 51.5 Å². The van der Waals surface area contributed by atoms with Crippen molar-refractivity contribution in [2.24, 2.45) is 0 Å². The maximum atomic E-state index is 12.9. The molecule has 33 heavy (non-hydrogen) atoms. The van der Waals surface area contributed by atoms with Gasteiger partial charge in [-0.3, -0.25) is 0 Å². The Balaban J connectivity index is 0.000000454. The third-order valence-electron chi connectivity index (χ3n) is 4.04. The summed E-state index contributed by atoms with van der Waals surface area (Å²) in [5, 5.41) is 11.6. The average Bonchev–Trinajstić information content (AvgIpc) is 3.11. The van der Waals surface area contributed by atoms with E-state index in [2.05, 4.69) is 23.1 Å². The molecule has 0 saturated heterocycles. The van der Waals surface area contributed by atoms with Crippen LogP contribution in [0.4, 0.5) is 26.7 Å². The van der Waals surface area contributed by atoms with Gasteiger partial charge in [0.05, 0.1) is 22.7 Å². The van der Waals surface area contributed by atoms with Crippen molar-refractivity contribution in [3.8, 4) is 12.8 Å². The molecule has 11 heteroatoms. The topological polar surface area (TPSA) is 71.5 Å². The second-order valence-electron chi connectivity index (χ2n) is 7.83. The lowest BCUT2D eigenvalue weighted by molar-refractivity contribution is -0.137. The molecule has 0 spiro atoms. The van der Waals surface area contributed by atoms with E-state index in [4.69, 9.17) is 4.74 Å². The number of hydrogen-bond acceptors (Lipinski definition) is 5. The zero-order valence-corrected chi connectivity index (χ0v) is 19.1. The first kappa shape index (κ1) is 28.3. The Bertz CT molecular complexity index is 917. The molecule has 0 aliphatic heterocycles. The Morgan fingerprint density at radius 3 is 2.15 bits per heavy atom. The van der Waals surface area contributed by atoms with E-state index in [1.54, 1.807) is 20.8 Å². The van der Waals surface area contributed by atoms with Crippen molar-refractivity contribution in [2.45, 2.75) is 64.0 Å². The Labute approximate surface area is 193 Å². The lowest BCUT2D eigenvalue weighted by atomic mass is 10.1. The number of fused-ring (bicyclic) bond motifs is 1. The van der Waals surface area contributed by atoms with Gasteiger partial charge in [-0.15, -0.1) is 24.2 Å². The molecule has 2 N–H and O–H groups in total. The number of carbonyl (C=O) groups is 1. The lowest BCUT2D eigenvalue weighted by Gasteiger charge is -2.22. The summed E-state index contributed by atoms with van der Waals surface area (Å²) < 4.78 is 67.6. The van der Waals surface area contributed by atoms with Crippen LogP contribution in [0, 0.1) is 24.5 Å². The molecule has 2 aromatic rings. The van der Waals surface area contributed by atoms with Gasteiger partial charge in [0.25, 0.3) is 0 Å². The number of hydrogen-bond donors (Lipinski definition) is 2. The van der Waals surface area contributed by atoms with Crippen molar-refractivity contribution in [1.29, 1.82) is 0 Å². The Hall–Kier alpha value is -2.71. The lowest BCUT2D eigenvalue weighted by Crippen LogP contribution is -2.34. The van der Waals surface area contributed by atoms with E-state index in [1.165, 1.54) is 12.1 Å². The van der Waals surface area contributed by atoms with Crippen LogP contribution in [0.5, 0.6) is 0 Å². The molecular weight excluding hydrogens is 467 g/mol. The molecule has 1 aromatic carbocycles. The molecule has 0 unspecified atom stereocenters. The second-order valence-corrected chi connectivity index (χ2v) is 8.86. The van der Waals surface area contributed by atoms with E-state index >= 15 is 0 Å². The fraction of sp³-hybridized carbons (Fsp3) is 0.455. The summed E-state index contributed by atoms with van der Waals surface area (Å²) in [4.78, 5) is 15.7. The molecule has 0 saturated carbocycles. The van der Waals surface area contributed by atoms with E-state index in [-0.39, 0.29) is 10.6 Å². The molecule has 0 radical (unpaired) electrons. The second kappa shape index (κ2) is 12.0. The van der Waals surface area contributed by atoms with E-state index < -0.39 is 46.7 Å². The van der Waals surface area contributed by atoms with Crippen LogP contribution in [0.1, 0.15) is 67.8 Å². The number of aliphatic hydroxyl groups excluding tert-OH is 1. The first-order valence-corrected chi connectivity index (χ1v) is 10.6. The van der Waals surface area contributed by atoms with Gasteiger partial charge in [-0.05, 0) is 52.2 Å². The number of aliphatic hydroxyl groups is 1. The molecule has 1 aliphatic rings. The Morgan fingerprint density at radius 1 is 1.15 bits per heavy atom. The van der Waals surface area contributed by atoms with Crippen LogP contribution < -0.4 is 5.32 Å². The minimum Gasteiger partial charge on any atom is -0.444 e. The quantitative estimate of drug-likeness (QED) is 0.284. The summed E-state index contributed by atoms with van der Waals surface area (Å²) in [5.41, 5.74) is -0.706. The minimum absolute atomic E-state index is 0.000818. The molecule has 1 amide bonds. The molecular formula is C22H25F5N2O3S. The molecule has 0 fully saturated rings. The molecule has 0 bridgehead atoms. The average molecular weight is 493 g/mol. The van der Waals surface area contributed by atoms with Gasteiger partial charge in [0.1, 0.15) is 5.60 Å². The number of amides is 1. The van der Waals surface area contributed by atoms with Gasteiger partial charge in [-0.25, -0.2) is 18.6 Å². The van der Waals surface area contributed by atoms with E-state index in [0.717, 1.165) is 12.1 Å². The number of carbonyl (C=O) groups excluding carboxylic acids is 1. The largest absolute Gasteiger partial charge is 0.444 e. The van der Waals surface area contributed by atoms with E-state index in [1.807, 2.05) is 0 Å². The highest BCUT2D eigenvalue weighted by molar-refractivity contribution is 7.12.